The second-order valence-corrected chi connectivity index (χ2v) is 7.42. The molecule has 158 valence electrons. The Morgan fingerprint density at radius 1 is 1.27 bits per heavy atom. The summed E-state index contributed by atoms with van der Waals surface area (Å²) in [7, 11) is 1.47. The molecule has 0 radical (unpaired) electrons. The number of methoxy groups -OCH3 is 1. The third-order valence-corrected chi connectivity index (χ3v) is 4.92. The number of carbonyl (C=O) groups is 2. The van der Waals surface area contributed by atoms with E-state index in [1.54, 1.807) is 19.1 Å². The van der Waals surface area contributed by atoms with Gasteiger partial charge in [0.25, 0.3) is 11.8 Å². The second-order valence-electron chi connectivity index (χ2n) is 6.61. The van der Waals surface area contributed by atoms with E-state index in [1.807, 2.05) is 0 Å². The molecule has 30 heavy (non-hydrogen) atoms. The van der Waals surface area contributed by atoms with Gasteiger partial charge < -0.3 is 25.4 Å². The molecular formula is C19H18Cl2N4O5. The lowest BCUT2D eigenvalue weighted by Crippen LogP contribution is -2.41. The Morgan fingerprint density at radius 2 is 1.97 bits per heavy atom. The van der Waals surface area contributed by atoms with E-state index in [-0.39, 0.29) is 34.3 Å². The van der Waals surface area contributed by atoms with Crippen LogP contribution in [0.2, 0.25) is 10.0 Å². The topological polar surface area (TPSA) is 125 Å². The third-order valence-electron chi connectivity index (χ3n) is 4.35. The number of anilines is 1. The lowest BCUT2D eigenvalue weighted by molar-refractivity contribution is -0.138. The van der Waals surface area contributed by atoms with Crippen molar-refractivity contribution in [2.45, 2.75) is 18.9 Å². The number of hydrogen-bond donors (Lipinski definition) is 2. The van der Waals surface area contributed by atoms with Gasteiger partial charge in [-0.3, -0.25) is 14.6 Å². The quantitative estimate of drug-likeness (QED) is 0.664. The first kappa shape index (κ1) is 21.7. The predicted molar refractivity (Wildman–Crippen MR) is 111 cm³/mol. The van der Waals surface area contributed by atoms with Gasteiger partial charge in [-0.1, -0.05) is 28.4 Å². The van der Waals surface area contributed by atoms with Crippen molar-refractivity contribution in [1.29, 1.82) is 0 Å². The first-order valence-electron chi connectivity index (χ1n) is 8.68. The van der Waals surface area contributed by atoms with Crippen molar-refractivity contribution < 1.29 is 23.9 Å². The summed E-state index contributed by atoms with van der Waals surface area (Å²) >= 11 is 12.1. The number of pyridine rings is 1. The van der Waals surface area contributed by atoms with Crippen molar-refractivity contribution in [1.82, 2.24) is 4.98 Å². The summed E-state index contributed by atoms with van der Waals surface area (Å²) in [6.07, 6.45) is 2.94. The standard InChI is InChI=1S/C19H18Cl2N4O5/c1-19(18(22)27)6-11(25-30-19)9-29-15-5-10(3-4-14(15)28-2)17(26)24-16-12(20)7-23-8-13(16)21/h3-5,7-8H,6,9H2,1-2H3,(H2,22,27)(H,23,24,26). The molecule has 1 aromatic heterocycles. The minimum absolute atomic E-state index is 0.0202. The Kier molecular flexibility index (Phi) is 6.33. The van der Waals surface area contributed by atoms with Crippen LogP contribution in [0.1, 0.15) is 23.7 Å². The predicted octanol–water partition coefficient (Wildman–Crippen LogP) is 3.05. The molecule has 2 heterocycles. The van der Waals surface area contributed by atoms with Gasteiger partial charge in [-0.05, 0) is 25.1 Å². The van der Waals surface area contributed by atoms with Crippen molar-refractivity contribution >= 4 is 46.4 Å². The molecule has 2 amide bonds. The maximum Gasteiger partial charge on any atom is 0.264 e. The molecule has 1 unspecified atom stereocenters. The van der Waals surface area contributed by atoms with Crippen LogP contribution in [0.5, 0.6) is 11.5 Å². The van der Waals surface area contributed by atoms with E-state index < -0.39 is 17.4 Å². The summed E-state index contributed by atoms with van der Waals surface area (Å²) in [4.78, 5) is 33.1. The summed E-state index contributed by atoms with van der Waals surface area (Å²) in [6, 6.07) is 4.64. The van der Waals surface area contributed by atoms with E-state index in [2.05, 4.69) is 15.5 Å². The van der Waals surface area contributed by atoms with Crippen LogP contribution in [-0.4, -0.2) is 41.8 Å². The average molecular weight is 453 g/mol. The molecule has 3 N–H and O–H groups in total. The summed E-state index contributed by atoms with van der Waals surface area (Å²) in [5.41, 5.74) is 5.14. The largest absolute Gasteiger partial charge is 0.493 e. The van der Waals surface area contributed by atoms with Crippen LogP contribution in [0.3, 0.4) is 0 Å². The fraction of sp³-hybridized carbons (Fsp3) is 0.263. The van der Waals surface area contributed by atoms with Gasteiger partial charge in [0.2, 0.25) is 5.60 Å². The Morgan fingerprint density at radius 3 is 2.57 bits per heavy atom. The van der Waals surface area contributed by atoms with Crippen LogP contribution in [-0.2, 0) is 9.63 Å². The molecule has 0 fully saturated rings. The molecule has 0 spiro atoms. The SMILES string of the molecule is COc1ccc(C(=O)Nc2c(Cl)cncc2Cl)cc1OCC1=NOC(C)(C(N)=O)C1. The number of halogens is 2. The molecule has 1 aromatic carbocycles. The Balaban J connectivity index is 1.74. The van der Waals surface area contributed by atoms with Gasteiger partial charge in [-0.25, -0.2) is 0 Å². The zero-order valence-electron chi connectivity index (χ0n) is 16.1. The van der Waals surface area contributed by atoms with Gasteiger partial charge in [0, 0.05) is 24.4 Å². The highest BCUT2D eigenvalue weighted by Gasteiger charge is 2.40. The number of benzene rings is 1. The number of hydrogen-bond acceptors (Lipinski definition) is 7. The number of carbonyl (C=O) groups excluding carboxylic acids is 2. The van der Waals surface area contributed by atoms with Crippen LogP contribution in [0.4, 0.5) is 5.69 Å². The number of oxime groups is 1. The van der Waals surface area contributed by atoms with Crippen molar-refractivity contribution in [3.05, 3.63) is 46.2 Å². The number of nitrogens with zero attached hydrogens (tertiary/aromatic N) is 2. The lowest BCUT2D eigenvalue weighted by Gasteiger charge is -2.16. The van der Waals surface area contributed by atoms with Gasteiger partial charge in [0.15, 0.2) is 11.5 Å². The van der Waals surface area contributed by atoms with E-state index in [1.165, 1.54) is 25.6 Å². The minimum Gasteiger partial charge on any atom is -0.493 e. The molecule has 0 aliphatic carbocycles. The highest BCUT2D eigenvalue weighted by atomic mass is 35.5. The maximum absolute atomic E-state index is 12.7. The van der Waals surface area contributed by atoms with Gasteiger partial charge in [-0.2, -0.15) is 0 Å². The molecule has 0 saturated heterocycles. The summed E-state index contributed by atoms with van der Waals surface area (Å²) in [5.74, 6) is -0.373. The van der Waals surface area contributed by atoms with Crippen LogP contribution in [0.15, 0.2) is 35.7 Å². The number of ether oxygens (including phenoxy) is 2. The van der Waals surface area contributed by atoms with Gasteiger partial charge in [0.1, 0.15) is 6.61 Å². The third kappa shape index (κ3) is 4.58. The summed E-state index contributed by atoms with van der Waals surface area (Å²) in [6.45, 7) is 1.57. The number of nitrogens with two attached hydrogens (primary N) is 1. The van der Waals surface area contributed by atoms with E-state index in [0.717, 1.165) is 0 Å². The molecule has 1 aliphatic heterocycles. The second kappa shape index (κ2) is 8.76. The zero-order chi connectivity index (χ0) is 21.9. The van der Waals surface area contributed by atoms with Crippen molar-refractivity contribution in [2.24, 2.45) is 10.9 Å². The average Bonchev–Trinajstić information content (AvgIpc) is 3.11. The molecule has 2 aromatic rings. The fourth-order valence-electron chi connectivity index (χ4n) is 2.64. The van der Waals surface area contributed by atoms with E-state index >= 15 is 0 Å². The monoisotopic (exact) mass is 452 g/mol. The van der Waals surface area contributed by atoms with Crippen LogP contribution in [0.25, 0.3) is 0 Å². The Bertz CT molecular complexity index is 1010. The zero-order valence-corrected chi connectivity index (χ0v) is 17.6. The molecular weight excluding hydrogens is 435 g/mol. The van der Waals surface area contributed by atoms with Crippen molar-refractivity contribution in [3.8, 4) is 11.5 Å². The van der Waals surface area contributed by atoms with Crippen molar-refractivity contribution in [3.63, 3.8) is 0 Å². The number of rotatable bonds is 7. The number of primary amides is 1. The van der Waals surface area contributed by atoms with E-state index in [0.29, 0.717) is 17.2 Å². The van der Waals surface area contributed by atoms with Gasteiger partial charge >= 0.3 is 0 Å². The lowest BCUT2D eigenvalue weighted by atomic mass is 10.00. The maximum atomic E-state index is 12.7. The smallest absolute Gasteiger partial charge is 0.264 e. The molecule has 1 aliphatic rings. The molecule has 0 bridgehead atoms. The highest BCUT2D eigenvalue weighted by molar-refractivity contribution is 6.39. The molecule has 3 rings (SSSR count). The summed E-state index contributed by atoms with van der Waals surface area (Å²) < 4.78 is 11.0. The molecule has 1 atom stereocenters. The van der Waals surface area contributed by atoms with Crippen LogP contribution >= 0.6 is 23.2 Å². The van der Waals surface area contributed by atoms with Crippen molar-refractivity contribution in [2.75, 3.05) is 19.0 Å². The number of nitrogens with one attached hydrogen (secondary N) is 1. The first-order chi connectivity index (χ1) is 14.2. The number of aromatic nitrogens is 1. The van der Waals surface area contributed by atoms with Gasteiger partial charge in [0.05, 0.1) is 28.6 Å². The number of amides is 2. The Hall–Kier alpha value is -3.04. The molecule has 11 heteroatoms. The minimum atomic E-state index is -1.20. The van der Waals surface area contributed by atoms with E-state index in [4.69, 9.17) is 43.2 Å². The van der Waals surface area contributed by atoms with Crippen LogP contribution < -0.4 is 20.5 Å². The molecule has 9 nitrogen and oxygen atoms in total. The highest BCUT2D eigenvalue weighted by Crippen LogP contribution is 2.32. The van der Waals surface area contributed by atoms with Crippen LogP contribution in [0, 0.1) is 0 Å². The normalized spacial score (nSPS) is 17.7. The fourth-order valence-corrected chi connectivity index (χ4v) is 3.10. The van der Waals surface area contributed by atoms with E-state index in [9.17, 15) is 9.59 Å². The van der Waals surface area contributed by atoms with Gasteiger partial charge in [-0.15, -0.1) is 0 Å². The first-order valence-corrected chi connectivity index (χ1v) is 9.44. The summed E-state index contributed by atoms with van der Waals surface area (Å²) in [5, 5.41) is 6.91. The Labute approximate surface area is 182 Å². The molecule has 0 saturated carbocycles.